The fraction of sp³-hybridized carbons (Fsp3) is 0.462. The molecule has 6 heteroatoms. The number of hydrogen-bond donors (Lipinski definition) is 2. The van der Waals surface area contributed by atoms with E-state index in [9.17, 15) is 4.79 Å². The maximum absolute atomic E-state index is 11.9. The number of hydrogen-bond acceptors (Lipinski definition) is 3. The van der Waals surface area contributed by atoms with E-state index in [2.05, 4.69) is 34.5 Å². The average molecular weight is 261 g/mol. The quantitative estimate of drug-likeness (QED) is 0.883. The van der Waals surface area contributed by atoms with Gasteiger partial charge >= 0.3 is 0 Å². The third kappa shape index (κ3) is 3.21. The molecule has 0 spiro atoms. The van der Waals surface area contributed by atoms with Crippen LogP contribution in [-0.4, -0.2) is 25.9 Å². The van der Waals surface area contributed by atoms with Gasteiger partial charge in [0.25, 0.3) is 0 Å². The first-order valence-corrected chi connectivity index (χ1v) is 6.32. The highest BCUT2D eigenvalue weighted by molar-refractivity contribution is 5.89. The van der Waals surface area contributed by atoms with E-state index in [4.69, 9.17) is 0 Å². The molecule has 2 heterocycles. The second-order valence-corrected chi connectivity index (χ2v) is 5.00. The average Bonchev–Trinajstić information content (AvgIpc) is 2.87. The number of amides is 1. The Labute approximate surface area is 112 Å². The molecule has 1 amide bonds. The van der Waals surface area contributed by atoms with Crippen LogP contribution in [0.15, 0.2) is 12.1 Å². The largest absolute Gasteiger partial charge is 0.308 e. The van der Waals surface area contributed by atoms with Crippen LogP contribution in [0.4, 0.5) is 5.82 Å². The second-order valence-electron chi connectivity index (χ2n) is 5.00. The Kier molecular flexibility index (Phi) is 3.69. The SMILES string of the molecule is Cc1cc(C)n(CC(=O)Nc2cc(C(C)C)[nH]n2)n1. The molecule has 6 nitrogen and oxygen atoms in total. The third-order valence-corrected chi connectivity index (χ3v) is 2.88. The molecule has 2 aromatic heterocycles. The van der Waals surface area contributed by atoms with Crippen molar-refractivity contribution in [3.8, 4) is 0 Å². The van der Waals surface area contributed by atoms with Crippen LogP contribution in [0.2, 0.25) is 0 Å². The van der Waals surface area contributed by atoms with Gasteiger partial charge in [0.05, 0.1) is 5.69 Å². The van der Waals surface area contributed by atoms with E-state index in [1.165, 1.54) is 0 Å². The number of nitrogens with zero attached hydrogens (tertiary/aromatic N) is 3. The van der Waals surface area contributed by atoms with E-state index >= 15 is 0 Å². The first-order valence-electron chi connectivity index (χ1n) is 6.32. The molecule has 2 N–H and O–H groups in total. The smallest absolute Gasteiger partial charge is 0.247 e. The number of carbonyl (C=O) groups excluding carboxylic acids is 1. The van der Waals surface area contributed by atoms with Crippen LogP contribution in [0.1, 0.15) is 36.8 Å². The van der Waals surface area contributed by atoms with Gasteiger partial charge in [-0.1, -0.05) is 13.8 Å². The summed E-state index contributed by atoms with van der Waals surface area (Å²) in [5.74, 6) is 0.775. The van der Waals surface area contributed by atoms with E-state index < -0.39 is 0 Å². The summed E-state index contributed by atoms with van der Waals surface area (Å²) in [5.41, 5.74) is 2.88. The molecule has 0 bridgehead atoms. The highest BCUT2D eigenvalue weighted by atomic mass is 16.2. The predicted molar refractivity (Wildman–Crippen MR) is 73.0 cm³/mol. The minimum Gasteiger partial charge on any atom is -0.308 e. The van der Waals surface area contributed by atoms with Crippen LogP contribution < -0.4 is 5.32 Å². The van der Waals surface area contributed by atoms with Gasteiger partial charge in [-0.15, -0.1) is 0 Å². The van der Waals surface area contributed by atoms with E-state index in [0.717, 1.165) is 17.1 Å². The fourth-order valence-electron chi connectivity index (χ4n) is 1.85. The number of rotatable bonds is 4. The molecule has 0 aliphatic rings. The van der Waals surface area contributed by atoms with Gasteiger partial charge in [-0.25, -0.2) is 0 Å². The Hall–Kier alpha value is -2.11. The zero-order valence-corrected chi connectivity index (χ0v) is 11.7. The van der Waals surface area contributed by atoms with Gasteiger partial charge in [-0.2, -0.15) is 10.2 Å². The second kappa shape index (κ2) is 5.26. The third-order valence-electron chi connectivity index (χ3n) is 2.88. The van der Waals surface area contributed by atoms with Gasteiger partial charge in [0.15, 0.2) is 5.82 Å². The lowest BCUT2D eigenvalue weighted by Gasteiger charge is -2.04. The lowest BCUT2D eigenvalue weighted by Crippen LogP contribution is -2.20. The maximum atomic E-state index is 11.9. The van der Waals surface area contributed by atoms with Crippen LogP contribution in [0.5, 0.6) is 0 Å². The zero-order valence-electron chi connectivity index (χ0n) is 11.7. The van der Waals surface area contributed by atoms with Crippen LogP contribution in [0.3, 0.4) is 0 Å². The summed E-state index contributed by atoms with van der Waals surface area (Å²) in [5, 5.41) is 14.0. The standard InChI is InChI=1S/C13H19N5O/c1-8(2)11-6-12(16-15-11)14-13(19)7-18-10(4)5-9(3)17-18/h5-6,8H,7H2,1-4H3,(H2,14,15,16,19). The van der Waals surface area contributed by atoms with Crippen molar-refractivity contribution in [2.45, 2.75) is 40.2 Å². The highest BCUT2D eigenvalue weighted by Crippen LogP contribution is 2.14. The topological polar surface area (TPSA) is 75.6 Å². The lowest BCUT2D eigenvalue weighted by molar-refractivity contribution is -0.117. The molecular weight excluding hydrogens is 242 g/mol. The molecule has 0 aromatic carbocycles. The van der Waals surface area contributed by atoms with Crippen molar-refractivity contribution in [1.29, 1.82) is 0 Å². The Balaban J connectivity index is 1.99. The van der Waals surface area contributed by atoms with E-state index in [-0.39, 0.29) is 12.5 Å². The van der Waals surface area contributed by atoms with Crippen molar-refractivity contribution in [2.75, 3.05) is 5.32 Å². The summed E-state index contributed by atoms with van der Waals surface area (Å²) in [6.45, 7) is 8.16. The molecule has 0 saturated carbocycles. The van der Waals surface area contributed by atoms with Crippen molar-refractivity contribution in [1.82, 2.24) is 20.0 Å². The summed E-state index contributed by atoms with van der Waals surface area (Å²) >= 11 is 0. The first kappa shape index (κ1) is 13.3. The molecule has 2 aromatic rings. The molecule has 0 radical (unpaired) electrons. The van der Waals surface area contributed by atoms with Crippen LogP contribution in [0.25, 0.3) is 0 Å². The Morgan fingerprint density at radius 2 is 2.16 bits per heavy atom. The Morgan fingerprint density at radius 1 is 1.42 bits per heavy atom. The van der Waals surface area contributed by atoms with Crippen LogP contribution >= 0.6 is 0 Å². The minimum absolute atomic E-state index is 0.131. The molecular formula is C13H19N5O. The number of nitrogens with one attached hydrogen (secondary N) is 2. The van der Waals surface area contributed by atoms with Crippen molar-refractivity contribution in [2.24, 2.45) is 0 Å². The van der Waals surface area contributed by atoms with Crippen molar-refractivity contribution >= 4 is 11.7 Å². The molecule has 0 fully saturated rings. The highest BCUT2D eigenvalue weighted by Gasteiger charge is 2.10. The van der Waals surface area contributed by atoms with Gasteiger partial charge in [0, 0.05) is 17.5 Å². The molecule has 2 rings (SSSR count). The maximum Gasteiger partial charge on any atom is 0.247 e. The van der Waals surface area contributed by atoms with Gasteiger partial charge in [-0.3, -0.25) is 14.6 Å². The van der Waals surface area contributed by atoms with E-state index in [1.807, 2.05) is 26.0 Å². The summed E-state index contributed by atoms with van der Waals surface area (Å²) in [7, 11) is 0. The molecule has 0 saturated heterocycles. The lowest BCUT2D eigenvalue weighted by atomic mass is 10.1. The summed E-state index contributed by atoms with van der Waals surface area (Å²) < 4.78 is 1.68. The van der Waals surface area contributed by atoms with E-state index in [1.54, 1.807) is 4.68 Å². The number of carbonyl (C=O) groups is 1. The number of aryl methyl sites for hydroxylation is 2. The molecule has 19 heavy (non-hydrogen) atoms. The van der Waals surface area contributed by atoms with Gasteiger partial charge in [0.1, 0.15) is 6.54 Å². The zero-order chi connectivity index (χ0) is 14.0. The molecule has 0 aliphatic carbocycles. The normalized spacial score (nSPS) is 11.0. The number of anilines is 1. The summed E-state index contributed by atoms with van der Waals surface area (Å²) in [4.78, 5) is 11.9. The van der Waals surface area contributed by atoms with Crippen molar-refractivity contribution in [3.05, 3.63) is 29.2 Å². The minimum atomic E-state index is -0.131. The molecule has 0 atom stereocenters. The molecule has 102 valence electrons. The van der Waals surface area contributed by atoms with Crippen LogP contribution in [-0.2, 0) is 11.3 Å². The van der Waals surface area contributed by atoms with Gasteiger partial charge < -0.3 is 5.32 Å². The first-order chi connectivity index (χ1) is 8.95. The number of H-pyrrole nitrogens is 1. The van der Waals surface area contributed by atoms with E-state index in [0.29, 0.717) is 11.7 Å². The Morgan fingerprint density at radius 3 is 2.68 bits per heavy atom. The van der Waals surface area contributed by atoms with Crippen molar-refractivity contribution < 1.29 is 4.79 Å². The molecule has 0 unspecified atom stereocenters. The van der Waals surface area contributed by atoms with Gasteiger partial charge in [0.2, 0.25) is 5.91 Å². The number of aromatic nitrogens is 4. The predicted octanol–water partition coefficient (Wildman–Crippen LogP) is 1.99. The van der Waals surface area contributed by atoms with Crippen molar-refractivity contribution in [3.63, 3.8) is 0 Å². The summed E-state index contributed by atoms with van der Waals surface area (Å²) in [6, 6.07) is 3.79. The monoisotopic (exact) mass is 261 g/mol. The Bertz CT molecular complexity index is 582. The molecule has 0 aliphatic heterocycles. The fourth-order valence-corrected chi connectivity index (χ4v) is 1.85. The van der Waals surface area contributed by atoms with Gasteiger partial charge in [-0.05, 0) is 25.8 Å². The van der Waals surface area contributed by atoms with Crippen LogP contribution in [0, 0.1) is 13.8 Å². The summed E-state index contributed by atoms with van der Waals surface area (Å²) in [6.07, 6.45) is 0. The number of aromatic amines is 1.